The van der Waals surface area contributed by atoms with Crippen LogP contribution >= 0.6 is 15.9 Å². The number of amides is 1. The first-order valence-corrected chi connectivity index (χ1v) is 9.11. The van der Waals surface area contributed by atoms with E-state index in [9.17, 15) is 18.0 Å². The standard InChI is InChI=1S/C15H13BrN2O6S/c16-13-7-3-11(24-13)4-8-15(20)23-9-14(19)18-10-1-5-12(6-2-10)25(17,21)22/h1-8H,9H2,(H,18,19)(H2,17,21,22). The predicted octanol–water partition coefficient (Wildman–Crippen LogP) is 1.88. The second kappa shape index (κ2) is 8.10. The van der Waals surface area contributed by atoms with Crippen molar-refractivity contribution in [2.45, 2.75) is 4.90 Å². The Balaban J connectivity index is 1.82. The first-order valence-electron chi connectivity index (χ1n) is 6.77. The normalized spacial score (nSPS) is 11.4. The van der Waals surface area contributed by atoms with Gasteiger partial charge in [-0.2, -0.15) is 0 Å². The summed E-state index contributed by atoms with van der Waals surface area (Å²) in [6.07, 6.45) is 2.52. The van der Waals surface area contributed by atoms with Crippen LogP contribution in [0.5, 0.6) is 0 Å². The second-order valence-electron chi connectivity index (χ2n) is 4.70. The van der Waals surface area contributed by atoms with Crippen molar-refractivity contribution in [3.8, 4) is 0 Å². The van der Waals surface area contributed by atoms with E-state index in [1.807, 2.05) is 0 Å². The number of benzene rings is 1. The molecule has 2 rings (SSSR count). The molecule has 132 valence electrons. The zero-order valence-corrected chi connectivity index (χ0v) is 15.0. The van der Waals surface area contributed by atoms with E-state index in [2.05, 4.69) is 21.2 Å². The Bertz CT molecular complexity index is 902. The molecular weight excluding hydrogens is 416 g/mol. The number of carbonyl (C=O) groups excluding carboxylic acids is 2. The van der Waals surface area contributed by atoms with Gasteiger partial charge in [0.1, 0.15) is 5.76 Å². The fourth-order valence-electron chi connectivity index (χ4n) is 1.68. The average Bonchev–Trinajstić information content (AvgIpc) is 2.96. The van der Waals surface area contributed by atoms with Gasteiger partial charge in [0.2, 0.25) is 10.0 Å². The maximum Gasteiger partial charge on any atom is 0.331 e. The molecule has 0 unspecified atom stereocenters. The lowest BCUT2D eigenvalue weighted by Crippen LogP contribution is -2.20. The van der Waals surface area contributed by atoms with Crippen molar-refractivity contribution in [3.05, 3.63) is 52.9 Å². The summed E-state index contributed by atoms with van der Waals surface area (Å²) in [5, 5.41) is 7.43. The number of furan rings is 1. The number of anilines is 1. The van der Waals surface area contributed by atoms with Crippen molar-refractivity contribution in [2.24, 2.45) is 5.14 Å². The summed E-state index contributed by atoms with van der Waals surface area (Å²) in [7, 11) is -3.80. The molecular formula is C15H13BrN2O6S. The molecule has 0 saturated heterocycles. The van der Waals surface area contributed by atoms with E-state index in [1.54, 1.807) is 12.1 Å². The number of esters is 1. The molecule has 0 bridgehead atoms. The summed E-state index contributed by atoms with van der Waals surface area (Å²) in [4.78, 5) is 23.1. The largest absolute Gasteiger partial charge is 0.452 e. The topological polar surface area (TPSA) is 129 Å². The number of primary sulfonamides is 1. The lowest BCUT2D eigenvalue weighted by molar-refractivity contribution is -0.142. The number of nitrogens with one attached hydrogen (secondary N) is 1. The fourth-order valence-corrected chi connectivity index (χ4v) is 2.51. The highest BCUT2D eigenvalue weighted by Crippen LogP contribution is 2.15. The quantitative estimate of drug-likeness (QED) is 0.533. The van der Waals surface area contributed by atoms with Crippen LogP contribution in [0.15, 0.2) is 56.5 Å². The van der Waals surface area contributed by atoms with Crippen LogP contribution < -0.4 is 10.5 Å². The summed E-state index contributed by atoms with van der Waals surface area (Å²) < 4.78 is 32.7. The van der Waals surface area contributed by atoms with Gasteiger partial charge in [-0.15, -0.1) is 0 Å². The number of halogens is 1. The van der Waals surface area contributed by atoms with E-state index < -0.39 is 28.5 Å². The van der Waals surface area contributed by atoms with Crippen molar-refractivity contribution >= 4 is 49.6 Å². The molecule has 0 aliphatic heterocycles. The third-order valence-corrected chi connectivity index (χ3v) is 4.15. The van der Waals surface area contributed by atoms with E-state index in [4.69, 9.17) is 14.3 Å². The number of sulfonamides is 1. The number of nitrogens with two attached hydrogens (primary N) is 1. The van der Waals surface area contributed by atoms with Gasteiger partial charge in [-0.25, -0.2) is 18.4 Å². The molecule has 1 aromatic heterocycles. The Kier molecular flexibility index (Phi) is 6.12. The highest BCUT2D eigenvalue weighted by atomic mass is 79.9. The monoisotopic (exact) mass is 428 g/mol. The zero-order chi connectivity index (χ0) is 18.4. The molecule has 0 radical (unpaired) electrons. The molecule has 0 saturated carbocycles. The van der Waals surface area contributed by atoms with Crippen molar-refractivity contribution in [2.75, 3.05) is 11.9 Å². The Morgan fingerprint density at radius 2 is 1.88 bits per heavy atom. The van der Waals surface area contributed by atoms with E-state index in [1.165, 1.54) is 30.3 Å². The van der Waals surface area contributed by atoms with Crippen molar-refractivity contribution in [1.82, 2.24) is 0 Å². The summed E-state index contributed by atoms with van der Waals surface area (Å²) in [5.74, 6) is -0.846. The number of hydrogen-bond acceptors (Lipinski definition) is 6. The minimum atomic E-state index is -3.80. The van der Waals surface area contributed by atoms with Crippen LogP contribution in [-0.2, 0) is 24.3 Å². The van der Waals surface area contributed by atoms with E-state index in [0.29, 0.717) is 16.1 Å². The van der Waals surface area contributed by atoms with Crippen molar-refractivity contribution in [1.29, 1.82) is 0 Å². The van der Waals surface area contributed by atoms with Gasteiger partial charge >= 0.3 is 5.97 Å². The summed E-state index contributed by atoms with van der Waals surface area (Å²) >= 11 is 3.13. The van der Waals surface area contributed by atoms with Gasteiger partial charge in [0.05, 0.1) is 4.90 Å². The molecule has 0 aliphatic carbocycles. The smallest absolute Gasteiger partial charge is 0.331 e. The van der Waals surface area contributed by atoms with Gasteiger partial charge in [0, 0.05) is 11.8 Å². The molecule has 0 spiro atoms. The van der Waals surface area contributed by atoms with Gasteiger partial charge in [0.25, 0.3) is 5.91 Å². The molecule has 8 nitrogen and oxygen atoms in total. The number of rotatable bonds is 6. The molecule has 1 heterocycles. The Hall–Kier alpha value is -2.43. The van der Waals surface area contributed by atoms with Crippen LogP contribution in [0.1, 0.15) is 5.76 Å². The molecule has 0 atom stereocenters. The molecule has 2 aromatic rings. The Morgan fingerprint density at radius 3 is 2.44 bits per heavy atom. The van der Waals surface area contributed by atoms with Gasteiger partial charge < -0.3 is 14.5 Å². The molecule has 10 heteroatoms. The zero-order valence-electron chi connectivity index (χ0n) is 12.6. The first-order chi connectivity index (χ1) is 11.7. The first kappa shape index (κ1) is 18.9. The molecule has 3 N–H and O–H groups in total. The van der Waals surface area contributed by atoms with Crippen LogP contribution in [0.4, 0.5) is 5.69 Å². The minimum absolute atomic E-state index is 0.0772. The average molecular weight is 429 g/mol. The summed E-state index contributed by atoms with van der Waals surface area (Å²) in [6, 6.07) is 8.55. The highest BCUT2D eigenvalue weighted by Gasteiger charge is 2.09. The van der Waals surface area contributed by atoms with Gasteiger partial charge in [-0.1, -0.05) is 0 Å². The van der Waals surface area contributed by atoms with Crippen LogP contribution in [0, 0.1) is 0 Å². The maximum absolute atomic E-state index is 11.7. The van der Waals surface area contributed by atoms with Crippen LogP contribution in [0.3, 0.4) is 0 Å². The lowest BCUT2D eigenvalue weighted by atomic mass is 10.3. The molecule has 25 heavy (non-hydrogen) atoms. The predicted molar refractivity (Wildman–Crippen MR) is 92.8 cm³/mol. The molecule has 0 fully saturated rings. The third kappa shape index (κ3) is 6.18. The number of hydrogen-bond donors (Lipinski definition) is 2. The van der Waals surface area contributed by atoms with Crippen LogP contribution in [-0.4, -0.2) is 26.9 Å². The van der Waals surface area contributed by atoms with Gasteiger partial charge in [0.15, 0.2) is 11.3 Å². The highest BCUT2D eigenvalue weighted by molar-refractivity contribution is 9.10. The maximum atomic E-state index is 11.7. The van der Waals surface area contributed by atoms with E-state index in [-0.39, 0.29) is 4.90 Å². The molecule has 1 amide bonds. The van der Waals surface area contributed by atoms with Gasteiger partial charge in [-0.3, -0.25) is 4.79 Å². The van der Waals surface area contributed by atoms with Crippen LogP contribution in [0.2, 0.25) is 0 Å². The third-order valence-electron chi connectivity index (χ3n) is 2.79. The van der Waals surface area contributed by atoms with Crippen LogP contribution in [0.25, 0.3) is 6.08 Å². The summed E-state index contributed by atoms with van der Waals surface area (Å²) in [6.45, 7) is -0.498. The summed E-state index contributed by atoms with van der Waals surface area (Å²) in [5.41, 5.74) is 0.337. The van der Waals surface area contributed by atoms with E-state index in [0.717, 1.165) is 6.08 Å². The van der Waals surface area contributed by atoms with Crippen molar-refractivity contribution < 1.29 is 27.2 Å². The fraction of sp³-hybridized carbons (Fsp3) is 0.0667. The molecule has 1 aromatic carbocycles. The number of carbonyl (C=O) groups is 2. The SMILES string of the molecule is NS(=O)(=O)c1ccc(NC(=O)COC(=O)C=Cc2ccc(Br)o2)cc1. The van der Waals surface area contributed by atoms with E-state index >= 15 is 0 Å². The van der Waals surface area contributed by atoms with Crippen molar-refractivity contribution in [3.63, 3.8) is 0 Å². The number of ether oxygens (including phenoxy) is 1. The lowest BCUT2D eigenvalue weighted by Gasteiger charge is -2.06. The van der Waals surface area contributed by atoms with Gasteiger partial charge in [-0.05, 0) is 58.4 Å². The Labute approximate surface area is 151 Å². The molecule has 0 aliphatic rings. The second-order valence-corrected chi connectivity index (χ2v) is 7.04. The Morgan fingerprint density at radius 1 is 1.20 bits per heavy atom. The minimum Gasteiger partial charge on any atom is -0.452 e.